The molecule has 0 aliphatic carbocycles. The van der Waals surface area contributed by atoms with E-state index in [0.29, 0.717) is 5.69 Å². The normalized spacial score (nSPS) is 11.5. The second-order valence-electron chi connectivity index (χ2n) is 4.63. The molecule has 1 N–H and O–H groups in total. The number of nitrogens with zero attached hydrogens (tertiary/aromatic N) is 2. The lowest BCUT2D eigenvalue weighted by molar-refractivity contribution is 0.102. The Hall–Kier alpha value is -1.96. The molecular weight excluding hydrogens is 326 g/mol. The van der Waals surface area contributed by atoms with E-state index in [2.05, 4.69) is 10.3 Å². The van der Waals surface area contributed by atoms with Crippen molar-refractivity contribution < 1.29 is 13.2 Å². The summed E-state index contributed by atoms with van der Waals surface area (Å²) < 4.78 is 25.4. The van der Waals surface area contributed by atoms with Crippen molar-refractivity contribution in [1.29, 1.82) is 0 Å². The van der Waals surface area contributed by atoms with Gasteiger partial charge in [0.05, 0.1) is 16.9 Å². The minimum atomic E-state index is -3.73. The molecule has 1 amide bonds. The van der Waals surface area contributed by atoms with Crippen LogP contribution in [0.25, 0.3) is 0 Å². The highest BCUT2D eigenvalue weighted by Crippen LogP contribution is 2.25. The highest BCUT2D eigenvalue weighted by atomic mass is 35.5. The molecule has 0 saturated carbocycles. The number of anilines is 1. The van der Waals surface area contributed by atoms with E-state index in [4.69, 9.17) is 11.6 Å². The first-order valence-electron chi connectivity index (χ1n) is 6.26. The Bertz CT molecular complexity index is 792. The van der Waals surface area contributed by atoms with E-state index in [1.807, 2.05) is 0 Å². The third-order valence-corrected chi connectivity index (χ3v) is 5.17. The molecule has 0 atom stereocenters. The third kappa shape index (κ3) is 3.44. The van der Waals surface area contributed by atoms with Gasteiger partial charge in [-0.15, -0.1) is 0 Å². The van der Waals surface area contributed by atoms with E-state index >= 15 is 0 Å². The van der Waals surface area contributed by atoms with Gasteiger partial charge in [0.15, 0.2) is 0 Å². The molecule has 8 heteroatoms. The molecule has 2 rings (SSSR count). The maximum absolute atomic E-state index is 12.2. The van der Waals surface area contributed by atoms with Crippen molar-refractivity contribution in [1.82, 2.24) is 9.29 Å². The summed E-state index contributed by atoms with van der Waals surface area (Å²) in [5.74, 6) is -0.445. The number of amides is 1. The number of carbonyl (C=O) groups is 1. The Morgan fingerprint density at radius 2 is 2.00 bits per heavy atom. The summed E-state index contributed by atoms with van der Waals surface area (Å²) in [7, 11) is -0.934. The molecule has 0 fully saturated rings. The Morgan fingerprint density at radius 3 is 2.59 bits per heavy atom. The third-order valence-electron chi connectivity index (χ3n) is 2.87. The molecule has 0 aliphatic rings. The fourth-order valence-electron chi connectivity index (χ4n) is 1.68. The highest BCUT2D eigenvalue weighted by Gasteiger charge is 2.22. The number of hydrogen-bond donors (Lipinski definition) is 1. The SMILES string of the molecule is CN(C)S(=O)(=O)c1cc(C(=O)Nc2cccnc2)ccc1Cl. The van der Waals surface area contributed by atoms with E-state index in [9.17, 15) is 13.2 Å². The van der Waals surface area contributed by atoms with Gasteiger partial charge in [0.2, 0.25) is 10.0 Å². The van der Waals surface area contributed by atoms with Gasteiger partial charge < -0.3 is 5.32 Å². The molecule has 116 valence electrons. The van der Waals surface area contributed by atoms with Gasteiger partial charge in [-0.2, -0.15) is 0 Å². The minimum absolute atomic E-state index is 0.0617. The number of sulfonamides is 1. The van der Waals surface area contributed by atoms with Gasteiger partial charge in [-0.25, -0.2) is 12.7 Å². The molecule has 1 heterocycles. The minimum Gasteiger partial charge on any atom is -0.321 e. The molecular formula is C14H14ClN3O3S. The molecule has 0 unspecified atom stereocenters. The summed E-state index contributed by atoms with van der Waals surface area (Å²) in [6, 6.07) is 7.46. The number of pyridine rings is 1. The number of carbonyl (C=O) groups excluding carboxylic acids is 1. The van der Waals surface area contributed by atoms with Gasteiger partial charge in [-0.05, 0) is 30.3 Å². The number of rotatable bonds is 4. The molecule has 1 aromatic heterocycles. The van der Waals surface area contributed by atoms with Crippen molar-refractivity contribution in [2.24, 2.45) is 0 Å². The maximum Gasteiger partial charge on any atom is 0.255 e. The average molecular weight is 340 g/mol. The molecule has 0 aliphatic heterocycles. The zero-order chi connectivity index (χ0) is 16.3. The van der Waals surface area contributed by atoms with Crippen LogP contribution in [0.5, 0.6) is 0 Å². The predicted octanol–water partition coefficient (Wildman–Crippen LogP) is 2.24. The van der Waals surface area contributed by atoms with Gasteiger partial charge in [0.25, 0.3) is 5.91 Å². The lowest BCUT2D eigenvalue weighted by Gasteiger charge is -2.13. The fraction of sp³-hybridized carbons (Fsp3) is 0.143. The van der Waals surface area contributed by atoms with Gasteiger partial charge in [0, 0.05) is 25.9 Å². The number of nitrogens with one attached hydrogen (secondary N) is 1. The summed E-state index contributed by atoms with van der Waals surface area (Å²) in [5, 5.41) is 2.69. The Kier molecular flexibility index (Phi) is 4.80. The van der Waals surface area contributed by atoms with Crippen LogP contribution in [0, 0.1) is 0 Å². The van der Waals surface area contributed by atoms with Crippen LogP contribution >= 0.6 is 11.6 Å². The first-order valence-corrected chi connectivity index (χ1v) is 8.07. The number of halogens is 1. The second kappa shape index (κ2) is 6.43. The van der Waals surface area contributed by atoms with Crippen molar-refractivity contribution in [3.05, 3.63) is 53.3 Å². The zero-order valence-electron chi connectivity index (χ0n) is 11.9. The molecule has 2 aromatic rings. The fourth-order valence-corrected chi connectivity index (χ4v) is 3.07. The lowest BCUT2D eigenvalue weighted by atomic mass is 10.2. The molecule has 22 heavy (non-hydrogen) atoms. The van der Waals surface area contributed by atoms with E-state index in [1.54, 1.807) is 18.3 Å². The molecule has 1 aromatic carbocycles. The smallest absolute Gasteiger partial charge is 0.255 e. The van der Waals surface area contributed by atoms with Crippen LogP contribution in [0.15, 0.2) is 47.6 Å². The first-order chi connectivity index (χ1) is 10.3. The topological polar surface area (TPSA) is 79.4 Å². The summed E-state index contributed by atoms with van der Waals surface area (Å²) in [4.78, 5) is 16.0. The lowest BCUT2D eigenvalue weighted by Crippen LogP contribution is -2.23. The van der Waals surface area contributed by atoms with Gasteiger partial charge in [-0.3, -0.25) is 9.78 Å². The van der Waals surface area contributed by atoms with E-state index in [-0.39, 0.29) is 15.5 Å². The van der Waals surface area contributed by atoms with Crippen molar-refractivity contribution in [3.63, 3.8) is 0 Å². The van der Waals surface area contributed by atoms with E-state index < -0.39 is 15.9 Å². The van der Waals surface area contributed by atoms with E-state index in [0.717, 1.165) is 4.31 Å². The quantitative estimate of drug-likeness (QED) is 0.926. The largest absolute Gasteiger partial charge is 0.321 e. The molecule has 0 spiro atoms. The molecule has 0 saturated heterocycles. The van der Waals surface area contributed by atoms with Crippen LogP contribution in [-0.2, 0) is 10.0 Å². The van der Waals surface area contributed by atoms with Crippen molar-refractivity contribution in [2.45, 2.75) is 4.90 Å². The molecule has 0 radical (unpaired) electrons. The van der Waals surface area contributed by atoms with Crippen molar-refractivity contribution >= 4 is 33.2 Å². The van der Waals surface area contributed by atoms with Gasteiger partial charge in [-0.1, -0.05) is 11.6 Å². The van der Waals surface area contributed by atoms with Crippen LogP contribution in [0.2, 0.25) is 5.02 Å². The first kappa shape index (κ1) is 16.4. The summed E-state index contributed by atoms with van der Waals surface area (Å²) in [6.07, 6.45) is 3.07. The van der Waals surface area contributed by atoms with Crippen LogP contribution < -0.4 is 5.32 Å². The van der Waals surface area contributed by atoms with Gasteiger partial charge >= 0.3 is 0 Å². The number of aromatic nitrogens is 1. The summed E-state index contributed by atoms with van der Waals surface area (Å²) in [6.45, 7) is 0. The highest BCUT2D eigenvalue weighted by molar-refractivity contribution is 7.89. The summed E-state index contributed by atoms with van der Waals surface area (Å²) >= 11 is 5.94. The number of hydrogen-bond acceptors (Lipinski definition) is 4. The van der Waals surface area contributed by atoms with Crippen molar-refractivity contribution in [2.75, 3.05) is 19.4 Å². The van der Waals surface area contributed by atoms with E-state index in [1.165, 1.54) is 38.5 Å². The Balaban J connectivity index is 2.36. The standard InChI is InChI=1S/C14H14ClN3O3S/c1-18(2)22(20,21)13-8-10(5-6-12(13)15)14(19)17-11-4-3-7-16-9-11/h3-9H,1-2H3,(H,17,19). The monoisotopic (exact) mass is 339 g/mol. The molecule has 0 bridgehead atoms. The predicted molar refractivity (Wildman–Crippen MR) is 84.5 cm³/mol. The Morgan fingerprint density at radius 1 is 1.27 bits per heavy atom. The van der Waals surface area contributed by atoms with Crippen LogP contribution in [-0.4, -0.2) is 37.7 Å². The van der Waals surface area contributed by atoms with Gasteiger partial charge in [0.1, 0.15) is 4.90 Å². The zero-order valence-corrected chi connectivity index (χ0v) is 13.5. The maximum atomic E-state index is 12.2. The van der Waals surface area contributed by atoms with Crippen molar-refractivity contribution in [3.8, 4) is 0 Å². The average Bonchev–Trinajstić information content (AvgIpc) is 2.48. The van der Waals surface area contributed by atoms with Crippen LogP contribution in [0.4, 0.5) is 5.69 Å². The molecule has 6 nitrogen and oxygen atoms in total. The van der Waals surface area contributed by atoms with Crippen LogP contribution in [0.3, 0.4) is 0 Å². The number of benzene rings is 1. The summed E-state index contributed by atoms with van der Waals surface area (Å²) in [5.41, 5.74) is 0.702. The Labute approximate surface area is 133 Å². The van der Waals surface area contributed by atoms with Crippen LogP contribution in [0.1, 0.15) is 10.4 Å². The second-order valence-corrected chi connectivity index (χ2v) is 7.16.